The highest BCUT2D eigenvalue weighted by molar-refractivity contribution is 9.10. The number of benzene rings is 1. The monoisotopic (exact) mass is 306 g/mol. The molecule has 16 heavy (non-hydrogen) atoms. The van der Waals surface area contributed by atoms with E-state index in [1.54, 1.807) is 0 Å². The van der Waals surface area contributed by atoms with E-state index in [4.69, 9.17) is 0 Å². The quantitative estimate of drug-likeness (QED) is 0.928. The maximum Gasteiger partial charge on any atom is 0.147 e. The summed E-state index contributed by atoms with van der Waals surface area (Å²) in [6, 6.07) is 5.55. The zero-order chi connectivity index (χ0) is 12.3. The molecular formula is C11H15BrO3S. The van der Waals surface area contributed by atoms with Crippen LogP contribution in [0, 0.1) is 6.92 Å². The number of sulfone groups is 1. The summed E-state index contributed by atoms with van der Waals surface area (Å²) in [5, 5.41) is 9.88. The van der Waals surface area contributed by atoms with Gasteiger partial charge in [-0.2, -0.15) is 0 Å². The van der Waals surface area contributed by atoms with Crippen LogP contribution < -0.4 is 0 Å². The minimum Gasteiger partial charge on any atom is -0.388 e. The molecule has 0 aromatic heterocycles. The van der Waals surface area contributed by atoms with Crippen LogP contribution >= 0.6 is 15.9 Å². The van der Waals surface area contributed by atoms with Crippen molar-refractivity contribution in [2.45, 2.75) is 19.4 Å². The number of halogens is 1. The molecule has 1 aromatic carbocycles. The van der Waals surface area contributed by atoms with Crippen molar-refractivity contribution in [1.29, 1.82) is 0 Å². The van der Waals surface area contributed by atoms with E-state index >= 15 is 0 Å². The molecule has 1 N–H and O–H groups in total. The fourth-order valence-electron chi connectivity index (χ4n) is 1.49. The van der Waals surface area contributed by atoms with E-state index in [2.05, 4.69) is 15.9 Å². The van der Waals surface area contributed by atoms with E-state index in [1.807, 2.05) is 25.1 Å². The molecule has 0 spiro atoms. The summed E-state index contributed by atoms with van der Waals surface area (Å²) in [6.07, 6.45) is 0.693. The van der Waals surface area contributed by atoms with Crippen LogP contribution in [-0.2, 0) is 9.84 Å². The van der Waals surface area contributed by atoms with Gasteiger partial charge >= 0.3 is 0 Å². The fourth-order valence-corrected chi connectivity index (χ4v) is 2.62. The van der Waals surface area contributed by atoms with Crippen LogP contribution in [0.25, 0.3) is 0 Å². The molecule has 0 fully saturated rings. The number of aliphatic hydroxyl groups is 1. The predicted octanol–water partition coefficient (Wildman–Crippen LogP) is 2.23. The summed E-state index contributed by atoms with van der Waals surface area (Å²) < 4.78 is 22.9. The summed E-state index contributed by atoms with van der Waals surface area (Å²) in [6.45, 7) is 1.89. The van der Waals surface area contributed by atoms with Gasteiger partial charge in [0.05, 0.1) is 11.9 Å². The standard InChI is InChI=1S/C11H15BrO3S/c1-8-7-9(12)3-4-10(8)11(13)5-6-16(2,14)15/h3-4,7,11,13H,5-6H2,1-2H3. The average Bonchev–Trinajstić information content (AvgIpc) is 2.13. The van der Waals surface area contributed by atoms with Crippen molar-refractivity contribution < 1.29 is 13.5 Å². The van der Waals surface area contributed by atoms with Gasteiger partial charge in [-0.15, -0.1) is 0 Å². The first kappa shape index (κ1) is 13.7. The zero-order valence-corrected chi connectivity index (χ0v) is 11.7. The molecule has 0 aliphatic heterocycles. The Bertz CT molecular complexity index is 468. The first-order chi connectivity index (χ1) is 7.29. The molecule has 0 amide bonds. The molecule has 0 saturated carbocycles. The Morgan fingerprint density at radius 3 is 2.56 bits per heavy atom. The van der Waals surface area contributed by atoms with Crippen molar-refractivity contribution in [2.75, 3.05) is 12.0 Å². The lowest BCUT2D eigenvalue weighted by atomic mass is 10.0. The smallest absolute Gasteiger partial charge is 0.147 e. The van der Waals surface area contributed by atoms with E-state index in [0.29, 0.717) is 0 Å². The number of hydrogen-bond acceptors (Lipinski definition) is 3. The topological polar surface area (TPSA) is 54.4 Å². The van der Waals surface area contributed by atoms with Crippen molar-refractivity contribution in [3.05, 3.63) is 33.8 Å². The van der Waals surface area contributed by atoms with Gasteiger partial charge in [-0.05, 0) is 36.6 Å². The third-order valence-electron chi connectivity index (χ3n) is 2.35. The molecular weight excluding hydrogens is 292 g/mol. The molecule has 1 unspecified atom stereocenters. The highest BCUT2D eigenvalue weighted by atomic mass is 79.9. The molecule has 1 rings (SSSR count). The van der Waals surface area contributed by atoms with Crippen molar-refractivity contribution in [2.24, 2.45) is 0 Å². The van der Waals surface area contributed by atoms with Gasteiger partial charge in [-0.3, -0.25) is 0 Å². The van der Waals surface area contributed by atoms with Gasteiger partial charge in [-0.25, -0.2) is 8.42 Å². The van der Waals surface area contributed by atoms with E-state index < -0.39 is 15.9 Å². The highest BCUT2D eigenvalue weighted by Gasteiger charge is 2.13. The van der Waals surface area contributed by atoms with Gasteiger partial charge in [0.1, 0.15) is 9.84 Å². The van der Waals surface area contributed by atoms with Crippen LogP contribution in [0.4, 0.5) is 0 Å². The van der Waals surface area contributed by atoms with Crippen LogP contribution in [0.5, 0.6) is 0 Å². The van der Waals surface area contributed by atoms with Crippen molar-refractivity contribution >= 4 is 25.8 Å². The molecule has 5 heteroatoms. The van der Waals surface area contributed by atoms with E-state index in [1.165, 1.54) is 6.26 Å². The summed E-state index contributed by atoms with van der Waals surface area (Å²) in [7, 11) is -3.02. The predicted molar refractivity (Wildman–Crippen MR) is 68.2 cm³/mol. The van der Waals surface area contributed by atoms with Crippen molar-refractivity contribution in [1.82, 2.24) is 0 Å². The molecule has 0 heterocycles. The average molecular weight is 307 g/mol. The Morgan fingerprint density at radius 2 is 2.06 bits per heavy atom. The summed E-state index contributed by atoms with van der Waals surface area (Å²) >= 11 is 3.34. The van der Waals surface area contributed by atoms with Crippen LogP contribution in [0.15, 0.2) is 22.7 Å². The van der Waals surface area contributed by atoms with Crippen LogP contribution in [-0.4, -0.2) is 25.5 Å². The summed E-state index contributed by atoms with van der Waals surface area (Å²) in [5.74, 6) is 0.00364. The molecule has 0 aliphatic carbocycles. The molecule has 0 saturated heterocycles. The molecule has 90 valence electrons. The fraction of sp³-hybridized carbons (Fsp3) is 0.455. The summed E-state index contributed by atoms with van der Waals surface area (Å²) in [5.41, 5.74) is 1.74. The van der Waals surface area contributed by atoms with Crippen molar-refractivity contribution in [3.63, 3.8) is 0 Å². The minimum atomic E-state index is -3.02. The minimum absolute atomic E-state index is 0.00364. The SMILES string of the molecule is Cc1cc(Br)ccc1C(O)CCS(C)(=O)=O. The molecule has 0 bridgehead atoms. The van der Waals surface area contributed by atoms with Gasteiger partial charge in [0.15, 0.2) is 0 Å². The third kappa shape index (κ3) is 4.23. The largest absolute Gasteiger partial charge is 0.388 e. The van der Waals surface area contributed by atoms with Crippen molar-refractivity contribution in [3.8, 4) is 0 Å². The summed E-state index contributed by atoms with van der Waals surface area (Å²) in [4.78, 5) is 0. The Balaban J connectivity index is 2.77. The molecule has 0 aliphatic rings. The second-order valence-electron chi connectivity index (χ2n) is 3.94. The van der Waals surface area contributed by atoms with E-state index in [9.17, 15) is 13.5 Å². The second kappa shape index (κ2) is 5.29. The first-order valence-electron chi connectivity index (χ1n) is 4.91. The Labute approximate surface area is 105 Å². The molecule has 1 atom stereocenters. The van der Waals surface area contributed by atoms with E-state index in [0.717, 1.165) is 15.6 Å². The maximum atomic E-state index is 11.0. The number of rotatable bonds is 4. The van der Waals surface area contributed by atoms with E-state index in [-0.39, 0.29) is 12.2 Å². The van der Waals surface area contributed by atoms with Crippen LogP contribution in [0.3, 0.4) is 0 Å². The first-order valence-corrected chi connectivity index (χ1v) is 7.77. The van der Waals surface area contributed by atoms with Gasteiger partial charge in [-0.1, -0.05) is 22.0 Å². The van der Waals surface area contributed by atoms with Gasteiger partial charge in [0.25, 0.3) is 0 Å². The second-order valence-corrected chi connectivity index (χ2v) is 7.11. The number of aliphatic hydroxyl groups excluding tert-OH is 1. The molecule has 0 radical (unpaired) electrons. The molecule has 1 aromatic rings. The Hall–Kier alpha value is -0.390. The third-order valence-corrected chi connectivity index (χ3v) is 3.82. The lowest BCUT2D eigenvalue weighted by Crippen LogP contribution is -2.09. The van der Waals surface area contributed by atoms with Gasteiger partial charge in [0.2, 0.25) is 0 Å². The van der Waals surface area contributed by atoms with Gasteiger partial charge in [0, 0.05) is 10.7 Å². The number of hydrogen-bond donors (Lipinski definition) is 1. The normalized spacial score (nSPS) is 13.8. The number of aryl methyl sites for hydroxylation is 1. The van der Waals surface area contributed by atoms with Crippen LogP contribution in [0.1, 0.15) is 23.7 Å². The highest BCUT2D eigenvalue weighted by Crippen LogP contribution is 2.24. The zero-order valence-electron chi connectivity index (χ0n) is 9.27. The lowest BCUT2D eigenvalue weighted by molar-refractivity contribution is 0.173. The van der Waals surface area contributed by atoms with Crippen LogP contribution in [0.2, 0.25) is 0 Å². The lowest BCUT2D eigenvalue weighted by Gasteiger charge is -2.13. The van der Waals surface area contributed by atoms with Gasteiger partial charge < -0.3 is 5.11 Å². The Kier molecular flexibility index (Phi) is 4.52. The Morgan fingerprint density at radius 1 is 1.44 bits per heavy atom. The molecule has 3 nitrogen and oxygen atoms in total. The maximum absolute atomic E-state index is 11.0.